The molecule has 1 saturated carbocycles. The van der Waals surface area contributed by atoms with E-state index in [1.807, 2.05) is 7.05 Å². The van der Waals surface area contributed by atoms with Gasteiger partial charge in [-0.05, 0) is 32.6 Å². The Morgan fingerprint density at radius 1 is 1.36 bits per heavy atom. The third-order valence-corrected chi connectivity index (χ3v) is 5.05. The van der Waals surface area contributed by atoms with Crippen LogP contribution in [-0.4, -0.2) is 62.3 Å². The van der Waals surface area contributed by atoms with E-state index in [0.29, 0.717) is 18.1 Å². The average molecular weight is 310 g/mol. The number of hydrogen-bond acceptors (Lipinski definition) is 3. The summed E-state index contributed by atoms with van der Waals surface area (Å²) in [4.78, 5) is 6.91. The highest BCUT2D eigenvalue weighted by atomic mass is 16.5. The molecule has 4 atom stereocenters. The van der Waals surface area contributed by atoms with Crippen molar-refractivity contribution in [2.45, 2.75) is 64.6 Å². The Balaban J connectivity index is 1.75. The summed E-state index contributed by atoms with van der Waals surface area (Å²) in [5.74, 6) is 1.78. The quantitative estimate of drug-likeness (QED) is 0.614. The molecule has 1 heterocycles. The number of aliphatic imine (C=N–C) groups is 1. The first-order valence-corrected chi connectivity index (χ1v) is 8.90. The van der Waals surface area contributed by atoms with Crippen LogP contribution in [0, 0.1) is 5.92 Å². The van der Waals surface area contributed by atoms with Gasteiger partial charge in [0, 0.05) is 38.3 Å². The maximum Gasteiger partial charge on any atom is 0.191 e. The molecular formula is C17H34N4O. The van der Waals surface area contributed by atoms with Crippen LogP contribution in [0.2, 0.25) is 0 Å². The van der Waals surface area contributed by atoms with E-state index in [4.69, 9.17) is 4.74 Å². The molecular weight excluding hydrogens is 276 g/mol. The second kappa shape index (κ2) is 8.73. The zero-order chi connectivity index (χ0) is 15.9. The van der Waals surface area contributed by atoms with E-state index in [1.54, 1.807) is 0 Å². The molecule has 2 fully saturated rings. The van der Waals surface area contributed by atoms with Gasteiger partial charge in [-0.1, -0.05) is 19.8 Å². The number of rotatable bonds is 4. The van der Waals surface area contributed by atoms with Crippen LogP contribution in [-0.2, 0) is 4.74 Å². The van der Waals surface area contributed by atoms with E-state index < -0.39 is 0 Å². The lowest BCUT2D eigenvalue weighted by atomic mass is 9.87. The highest BCUT2D eigenvalue weighted by Crippen LogP contribution is 2.23. The highest BCUT2D eigenvalue weighted by molar-refractivity contribution is 5.80. The molecule has 0 aromatic rings. The second-order valence-electron chi connectivity index (χ2n) is 7.08. The summed E-state index contributed by atoms with van der Waals surface area (Å²) in [6.07, 6.45) is 5.23. The maximum absolute atomic E-state index is 5.52. The van der Waals surface area contributed by atoms with E-state index in [0.717, 1.165) is 38.2 Å². The van der Waals surface area contributed by atoms with Crippen molar-refractivity contribution in [3.05, 3.63) is 0 Å². The fourth-order valence-corrected chi connectivity index (χ4v) is 3.71. The van der Waals surface area contributed by atoms with E-state index in [2.05, 4.69) is 41.3 Å². The monoisotopic (exact) mass is 310 g/mol. The van der Waals surface area contributed by atoms with E-state index >= 15 is 0 Å². The molecule has 1 aliphatic heterocycles. The Hall–Kier alpha value is -0.810. The average Bonchev–Trinajstić information content (AvgIpc) is 2.51. The van der Waals surface area contributed by atoms with Crippen LogP contribution in [0.1, 0.15) is 46.5 Å². The first-order valence-electron chi connectivity index (χ1n) is 8.90. The number of nitrogens with zero attached hydrogens (tertiary/aromatic N) is 2. The van der Waals surface area contributed by atoms with Crippen LogP contribution >= 0.6 is 0 Å². The molecule has 0 amide bonds. The van der Waals surface area contributed by atoms with Crippen LogP contribution in [0.15, 0.2) is 4.99 Å². The van der Waals surface area contributed by atoms with Gasteiger partial charge in [-0.3, -0.25) is 9.89 Å². The number of hydrogen-bond donors (Lipinski definition) is 2. The van der Waals surface area contributed by atoms with Gasteiger partial charge in [0.1, 0.15) is 0 Å². The minimum absolute atomic E-state index is 0.489. The second-order valence-corrected chi connectivity index (χ2v) is 7.08. The molecule has 4 unspecified atom stereocenters. The molecule has 5 nitrogen and oxygen atoms in total. The summed E-state index contributed by atoms with van der Waals surface area (Å²) < 4.78 is 5.52. The molecule has 1 saturated heterocycles. The molecule has 0 spiro atoms. The van der Waals surface area contributed by atoms with E-state index in [-0.39, 0.29) is 0 Å². The van der Waals surface area contributed by atoms with Crippen molar-refractivity contribution in [3.63, 3.8) is 0 Å². The molecule has 1 aliphatic carbocycles. The summed E-state index contributed by atoms with van der Waals surface area (Å²) in [7, 11) is 1.86. The number of morpholine rings is 1. The van der Waals surface area contributed by atoms with Crippen molar-refractivity contribution in [2.24, 2.45) is 10.9 Å². The maximum atomic E-state index is 5.52. The van der Waals surface area contributed by atoms with Crippen LogP contribution in [0.5, 0.6) is 0 Å². The minimum Gasteiger partial charge on any atom is -0.379 e. The predicted molar refractivity (Wildman–Crippen MR) is 92.4 cm³/mol. The lowest BCUT2D eigenvalue weighted by Crippen LogP contribution is -2.54. The van der Waals surface area contributed by atoms with Gasteiger partial charge in [0.2, 0.25) is 0 Å². The Bertz CT molecular complexity index is 361. The third-order valence-electron chi connectivity index (χ3n) is 5.05. The van der Waals surface area contributed by atoms with Gasteiger partial charge < -0.3 is 15.4 Å². The van der Waals surface area contributed by atoms with Gasteiger partial charge in [0.05, 0.1) is 13.2 Å². The molecule has 2 rings (SSSR count). The van der Waals surface area contributed by atoms with E-state index in [9.17, 15) is 0 Å². The number of nitrogens with one attached hydrogen (secondary N) is 2. The molecule has 0 aromatic carbocycles. The topological polar surface area (TPSA) is 48.9 Å². The molecule has 2 N–H and O–H groups in total. The fourth-order valence-electron chi connectivity index (χ4n) is 3.71. The van der Waals surface area contributed by atoms with Gasteiger partial charge >= 0.3 is 0 Å². The van der Waals surface area contributed by atoms with Crippen LogP contribution in [0.3, 0.4) is 0 Å². The first kappa shape index (κ1) is 17.5. The van der Waals surface area contributed by atoms with Crippen LogP contribution < -0.4 is 10.6 Å². The zero-order valence-corrected chi connectivity index (χ0v) is 14.8. The number of ether oxygens (including phenoxy) is 1. The van der Waals surface area contributed by atoms with Gasteiger partial charge in [-0.25, -0.2) is 0 Å². The number of guanidine groups is 1. The van der Waals surface area contributed by atoms with Crippen molar-refractivity contribution >= 4 is 5.96 Å². The molecule has 128 valence electrons. The Kier molecular flexibility index (Phi) is 6.96. The summed E-state index contributed by atoms with van der Waals surface area (Å²) >= 11 is 0. The minimum atomic E-state index is 0.489. The highest BCUT2D eigenvalue weighted by Gasteiger charge is 2.24. The standard InChI is InChI=1S/C17H34N4O/c1-13-6-5-7-16(10-13)20-17(18-4)19-11-14(2)21-8-9-22-12-15(21)3/h13-16H,5-12H2,1-4H3,(H2,18,19,20). The molecule has 5 heteroatoms. The molecule has 22 heavy (non-hydrogen) atoms. The van der Waals surface area contributed by atoms with Gasteiger partial charge in [-0.2, -0.15) is 0 Å². The lowest BCUT2D eigenvalue weighted by molar-refractivity contribution is -0.0174. The van der Waals surface area contributed by atoms with Crippen molar-refractivity contribution in [2.75, 3.05) is 33.4 Å². The summed E-state index contributed by atoms with van der Waals surface area (Å²) in [5, 5.41) is 7.11. The van der Waals surface area contributed by atoms with Crippen LogP contribution in [0.4, 0.5) is 0 Å². The van der Waals surface area contributed by atoms with Crippen molar-refractivity contribution in [3.8, 4) is 0 Å². The SMILES string of the molecule is CN=C(NCC(C)N1CCOCC1C)NC1CCCC(C)C1. The molecule has 0 bridgehead atoms. The fraction of sp³-hybridized carbons (Fsp3) is 0.941. The molecule has 2 aliphatic rings. The van der Waals surface area contributed by atoms with Gasteiger partial charge in [0.15, 0.2) is 5.96 Å². The summed E-state index contributed by atoms with van der Waals surface area (Å²) in [6, 6.07) is 1.56. The third kappa shape index (κ3) is 5.13. The normalized spacial score (nSPS) is 32.5. The summed E-state index contributed by atoms with van der Waals surface area (Å²) in [6.45, 7) is 10.5. The van der Waals surface area contributed by atoms with Crippen molar-refractivity contribution in [1.29, 1.82) is 0 Å². The smallest absolute Gasteiger partial charge is 0.191 e. The predicted octanol–water partition coefficient (Wildman–Crippen LogP) is 1.84. The largest absolute Gasteiger partial charge is 0.379 e. The Morgan fingerprint density at radius 3 is 2.86 bits per heavy atom. The molecule has 0 aromatic heterocycles. The van der Waals surface area contributed by atoms with Crippen molar-refractivity contribution in [1.82, 2.24) is 15.5 Å². The summed E-state index contributed by atoms with van der Waals surface area (Å²) in [5.41, 5.74) is 0. The lowest BCUT2D eigenvalue weighted by Gasteiger charge is -2.38. The molecule has 0 radical (unpaired) electrons. The van der Waals surface area contributed by atoms with E-state index in [1.165, 1.54) is 25.7 Å². The van der Waals surface area contributed by atoms with Gasteiger partial charge in [0.25, 0.3) is 0 Å². The zero-order valence-electron chi connectivity index (χ0n) is 14.8. The Morgan fingerprint density at radius 2 is 2.18 bits per heavy atom. The first-order chi connectivity index (χ1) is 10.6. The Labute approximate surface area is 135 Å². The van der Waals surface area contributed by atoms with Gasteiger partial charge in [-0.15, -0.1) is 0 Å². The van der Waals surface area contributed by atoms with Crippen LogP contribution in [0.25, 0.3) is 0 Å². The van der Waals surface area contributed by atoms with Crippen molar-refractivity contribution < 1.29 is 4.74 Å².